The number of esters is 2. The maximum atomic E-state index is 12.3. The Bertz CT molecular complexity index is 773. The topological polar surface area (TPSA) is 111 Å². The molecular formula is C42H77NO7. The van der Waals surface area contributed by atoms with E-state index in [0.717, 1.165) is 64.2 Å². The molecule has 1 amide bonds. The van der Waals surface area contributed by atoms with Crippen LogP contribution >= 0.6 is 0 Å². The Kier molecular flexibility index (Phi) is 37.6. The van der Waals surface area contributed by atoms with Crippen molar-refractivity contribution in [1.82, 2.24) is 5.32 Å². The predicted molar refractivity (Wildman–Crippen MR) is 206 cm³/mol. The second kappa shape index (κ2) is 39.4. The molecule has 2 N–H and O–H groups in total. The van der Waals surface area contributed by atoms with Crippen LogP contribution in [0.1, 0.15) is 194 Å². The van der Waals surface area contributed by atoms with Crippen molar-refractivity contribution in [3.8, 4) is 0 Å². The van der Waals surface area contributed by atoms with Crippen LogP contribution in [-0.2, 0) is 23.8 Å². The van der Waals surface area contributed by atoms with Crippen LogP contribution in [0.3, 0.4) is 0 Å². The Balaban J connectivity index is 4.02. The molecule has 0 aromatic rings. The molecule has 292 valence electrons. The molecule has 0 unspecified atom stereocenters. The van der Waals surface area contributed by atoms with Gasteiger partial charge in [-0.3, -0.25) is 9.59 Å². The summed E-state index contributed by atoms with van der Waals surface area (Å²) in [6, 6.07) is 0. The standard InChI is InChI=1S/C42H77NO7/c1-3-5-7-9-11-13-15-17-19-21-23-25-27-29-31-33-40(45)48-37-39(50-42(47)43-35-36-44)38-49-41(46)34-32-30-28-26-24-22-20-18-16-14-12-10-8-6-4-2/h17-20,39,44H,3-16,21-38H2,1-2H3,(H,43,47)/b19-17-,20-18-. The van der Waals surface area contributed by atoms with E-state index in [4.69, 9.17) is 19.3 Å². The van der Waals surface area contributed by atoms with E-state index in [1.54, 1.807) is 0 Å². The predicted octanol–water partition coefficient (Wildman–Crippen LogP) is 11.2. The van der Waals surface area contributed by atoms with Gasteiger partial charge in [-0.1, -0.05) is 141 Å². The van der Waals surface area contributed by atoms with E-state index in [2.05, 4.69) is 43.5 Å². The molecule has 8 nitrogen and oxygen atoms in total. The maximum absolute atomic E-state index is 12.3. The molecule has 8 heteroatoms. The van der Waals surface area contributed by atoms with Crippen molar-refractivity contribution < 1.29 is 33.7 Å². The van der Waals surface area contributed by atoms with Gasteiger partial charge in [-0.25, -0.2) is 4.79 Å². The molecule has 0 aliphatic rings. The van der Waals surface area contributed by atoms with Gasteiger partial charge in [0.05, 0.1) is 6.61 Å². The molecule has 0 heterocycles. The third kappa shape index (κ3) is 36.9. The second-order valence-corrected chi connectivity index (χ2v) is 13.7. The molecule has 0 saturated heterocycles. The quantitative estimate of drug-likeness (QED) is 0.0286. The molecule has 0 radical (unpaired) electrons. The third-order valence-corrected chi connectivity index (χ3v) is 8.80. The summed E-state index contributed by atoms with van der Waals surface area (Å²) in [4.78, 5) is 36.7. The minimum atomic E-state index is -0.912. The summed E-state index contributed by atoms with van der Waals surface area (Å²) in [5.41, 5.74) is 0. The first-order valence-electron chi connectivity index (χ1n) is 20.7. The van der Waals surface area contributed by atoms with E-state index in [0.29, 0.717) is 12.8 Å². The van der Waals surface area contributed by atoms with Gasteiger partial charge in [0, 0.05) is 19.4 Å². The highest BCUT2D eigenvalue weighted by atomic mass is 16.6. The fraction of sp³-hybridized carbons (Fsp3) is 0.833. The fourth-order valence-corrected chi connectivity index (χ4v) is 5.66. The van der Waals surface area contributed by atoms with E-state index >= 15 is 0 Å². The molecule has 0 fully saturated rings. The Hall–Kier alpha value is -2.35. The van der Waals surface area contributed by atoms with Gasteiger partial charge < -0.3 is 24.6 Å². The molecule has 0 aliphatic carbocycles. The summed E-state index contributed by atoms with van der Waals surface area (Å²) < 4.78 is 16.0. The van der Waals surface area contributed by atoms with Crippen LogP contribution in [0.25, 0.3) is 0 Å². The van der Waals surface area contributed by atoms with Crippen LogP contribution < -0.4 is 5.32 Å². The van der Waals surface area contributed by atoms with Gasteiger partial charge in [-0.05, 0) is 64.2 Å². The number of allylic oxidation sites excluding steroid dienone is 4. The van der Waals surface area contributed by atoms with Crippen molar-refractivity contribution in [3.05, 3.63) is 24.3 Å². The lowest BCUT2D eigenvalue weighted by Gasteiger charge is -2.18. The molecule has 0 aromatic carbocycles. The van der Waals surface area contributed by atoms with Gasteiger partial charge in [0.1, 0.15) is 13.2 Å². The maximum Gasteiger partial charge on any atom is 0.407 e. The second-order valence-electron chi connectivity index (χ2n) is 13.7. The van der Waals surface area contributed by atoms with Crippen molar-refractivity contribution >= 4 is 18.0 Å². The zero-order valence-corrected chi connectivity index (χ0v) is 32.4. The summed E-state index contributed by atoms with van der Waals surface area (Å²) >= 11 is 0. The van der Waals surface area contributed by atoms with E-state index in [-0.39, 0.29) is 38.3 Å². The monoisotopic (exact) mass is 708 g/mol. The van der Waals surface area contributed by atoms with Crippen LogP contribution in [0.2, 0.25) is 0 Å². The van der Waals surface area contributed by atoms with E-state index in [1.807, 2.05) is 0 Å². The summed E-state index contributed by atoms with van der Waals surface area (Å²) in [6.07, 6.45) is 39.1. The highest BCUT2D eigenvalue weighted by Crippen LogP contribution is 2.12. The SMILES string of the molecule is CCCCCCCC/C=C\CCCCCCCC(=O)OCC(COC(=O)CCCCCCC/C=C\CCCCCCCC)OC(=O)NCCO. The molecule has 0 atom stereocenters. The number of carbonyl (C=O) groups excluding carboxylic acids is 3. The molecule has 0 spiro atoms. The lowest BCUT2D eigenvalue weighted by Crippen LogP contribution is -2.36. The van der Waals surface area contributed by atoms with Crippen LogP contribution in [0.5, 0.6) is 0 Å². The summed E-state index contributed by atoms with van der Waals surface area (Å²) in [6.45, 7) is 3.95. The van der Waals surface area contributed by atoms with Crippen LogP contribution in [0, 0.1) is 0 Å². The van der Waals surface area contributed by atoms with Gasteiger partial charge in [-0.15, -0.1) is 0 Å². The number of amides is 1. The summed E-state index contributed by atoms with van der Waals surface area (Å²) in [7, 11) is 0. The number of rotatable bonds is 37. The largest absolute Gasteiger partial charge is 0.462 e. The first-order chi connectivity index (χ1) is 24.5. The van der Waals surface area contributed by atoms with Gasteiger partial charge in [0.25, 0.3) is 0 Å². The van der Waals surface area contributed by atoms with E-state index in [1.165, 1.54) is 103 Å². The van der Waals surface area contributed by atoms with Gasteiger partial charge in [0.2, 0.25) is 0 Å². The number of unbranched alkanes of at least 4 members (excludes halogenated alkanes) is 22. The third-order valence-electron chi connectivity index (χ3n) is 8.80. The smallest absolute Gasteiger partial charge is 0.407 e. The van der Waals surface area contributed by atoms with E-state index < -0.39 is 12.2 Å². The number of hydrogen-bond acceptors (Lipinski definition) is 7. The van der Waals surface area contributed by atoms with Crippen LogP contribution in [0.15, 0.2) is 24.3 Å². The Labute approximate surface area is 306 Å². The first kappa shape index (κ1) is 47.7. The number of carbonyl (C=O) groups is 3. The molecular weight excluding hydrogens is 630 g/mol. The van der Waals surface area contributed by atoms with E-state index in [9.17, 15) is 14.4 Å². The number of hydrogen-bond donors (Lipinski definition) is 2. The zero-order chi connectivity index (χ0) is 36.6. The van der Waals surface area contributed by atoms with Crippen molar-refractivity contribution in [1.29, 1.82) is 0 Å². The Morgan fingerprint density at radius 2 is 0.860 bits per heavy atom. The minimum Gasteiger partial charge on any atom is -0.462 e. The van der Waals surface area contributed by atoms with Crippen molar-refractivity contribution in [3.63, 3.8) is 0 Å². The fourth-order valence-electron chi connectivity index (χ4n) is 5.66. The molecule has 0 aliphatic heterocycles. The zero-order valence-electron chi connectivity index (χ0n) is 32.4. The highest BCUT2D eigenvalue weighted by molar-refractivity contribution is 5.70. The lowest BCUT2D eigenvalue weighted by atomic mass is 10.1. The molecule has 0 aromatic heterocycles. The summed E-state index contributed by atoms with van der Waals surface area (Å²) in [5, 5.41) is 11.4. The Morgan fingerprint density at radius 1 is 0.520 bits per heavy atom. The van der Waals surface area contributed by atoms with Gasteiger partial charge in [0.15, 0.2) is 6.10 Å². The van der Waals surface area contributed by atoms with Crippen molar-refractivity contribution in [2.24, 2.45) is 0 Å². The average molecular weight is 708 g/mol. The number of nitrogens with one attached hydrogen (secondary N) is 1. The molecule has 0 saturated carbocycles. The average Bonchev–Trinajstić information content (AvgIpc) is 3.11. The van der Waals surface area contributed by atoms with Crippen LogP contribution in [0.4, 0.5) is 4.79 Å². The number of aliphatic hydroxyl groups is 1. The highest BCUT2D eigenvalue weighted by Gasteiger charge is 2.19. The molecule has 0 rings (SSSR count). The van der Waals surface area contributed by atoms with Crippen molar-refractivity contribution in [2.45, 2.75) is 200 Å². The number of alkyl carbamates (subject to hydrolysis) is 1. The Morgan fingerprint density at radius 3 is 1.22 bits per heavy atom. The summed E-state index contributed by atoms with van der Waals surface area (Å²) in [5.74, 6) is -0.710. The molecule has 0 bridgehead atoms. The van der Waals surface area contributed by atoms with Crippen LogP contribution in [-0.4, -0.2) is 55.6 Å². The van der Waals surface area contributed by atoms with Crippen molar-refractivity contribution in [2.75, 3.05) is 26.4 Å². The minimum absolute atomic E-state index is 0.0378. The van der Waals surface area contributed by atoms with Gasteiger partial charge in [-0.2, -0.15) is 0 Å². The first-order valence-corrected chi connectivity index (χ1v) is 20.7. The molecule has 50 heavy (non-hydrogen) atoms. The van der Waals surface area contributed by atoms with Gasteiger partial charge >= 0.3 is 18.0 Å². The number of ether oxygens (including phenoxy) is 3. The number of aliphatic hydroxyl groups excluding tert-OH is 1. The lowest BCUT2D eigenvalue weighted by molar-refractivity contribution is -0.152. The normalized spacial score (nSPS) is 11.5.